The van der Waals surface area contributed by atoms with E-state index in [-0.39, 0.29) is 24.9 Å². The highest BCUT2D eigenvalue weighted by Gasteiger charge is 2.45. The number of halogens is 2. The molecule has 7 nitrogen and oxygen atoms in total. The molecule has 0 saturated carbocycles. The van der Waals surface area contributed by atoms with Crippen LogP contribution in [0.3, 0.4) is 0 Å². The highest BCUT2D eigenvalue weighted by molar-refractivity contribution is 6.00. The predicted octanol–water partition coefficient (Wildman–Crippen LogP) is 4.42. The van der Waals surface area contributed by atoms with Gasteiger partial charge in [0.1, 0.15) is 23.0 Å². The van der Waals surface area contributed by atoms with Crippen molar-refractivity contribution in [1.29, 1.82) is 0 Å². The maximum Gasteiger partial charge on any atom is 0.410 e. The molecule has 5 atom stereocenters. The van der Waals surface area contributed by atoms with Crippen LogP contribution in [0.5, 0.6) is 0 Å². The van der Waals surface area contributed by atoms with Crippen molar-refractivity contribution in [2.24, 2.45) is 11.8 Å². The quantitative estimate of drug-likeness (QED) is 0.484. The summed E-state index contributed by atoms with van der Waals surface area (Å²) in [5, 5.41) is 0. The monoisotopic (exact) mass is 483 g/mol. The van der Waals surface area contributed by atoms with E-state index in [9.17, 15) is 23.2 Å². The van der Waals surface area contributed by atoms with E-state index in [1.54, 1.807) is 34.8 Å². The zero-order valence-corrected chi connectivity index (χ0v) is 20.9. The second kappa shape index (κ2) is 11.4. The molecule has 1 saturated heterocycles. The summed E-state index contributed by atoms with van der Waals surface area (Å²) in [4.78, 5) is 40.1. The summed E-state index contributed by atoms with van der Waals surface area (Å²) in [6, 6.07) is 2.70. The van der Waals surface area contributed by atoms with Gasteiger partial charge in [-0.2, -0.15) is 0 Å². The van der Waals surface area contributed by atoms with E-state index < -0.39 is 58.7 Å². The second-order valence-electron chi connectivity index (χ2n) is 9.81. The first-order valence-corrected chi connectivity index (χ1v) is 11.4. The van der Waals surface area contributed by atoms with Crippen LogP contribution < -0.4 is 0 Å². The molecule has 0 spiro atoms. The van der Waals surface area contributed by atoms with Gasteiger partial charge in [0.15, 0.2) is 5.78 Å². The number of hydrogen-bond donors (Lipinski definition) is 0. The Labute approximate surface area is 199 Å². The number of benzene rings is 1. The van der Waals surface area contributed by atoms with Crippen molar-refractivity contribution in [1.82, 2.24) is 4.90 Å². The van der Waals surface area contributed by atoms with Crippen LogP contribution in [0.1, 0.15) is 57.8 Å². The molecule has 1 aromatic rings. The molecule has 2 rings (SSSR count). The van der Waals surface area contributed by atoms with Crippen molar-refractivity contribution >= 4 is 17.7 Å². The molecule has 190 valence electrons. The summed E-state index contributed by atoms with van der Waals surface area (Å²) >= 11 is 0. The van der Waals surface area contributed by atoms with Gasteiger partial charge in [-0.3, -0.25) is 14.5 Å². The van der Waals surface area contributed by atoms with Gasteiger partial charge in [0.2, 0.25) is 0 Å². The SMILES string of the molecule is CO[C@@H]1C[C@@H]([C@H](OC)[C@@H](C)C(=O)C[C@@H](C)C(=O)c2c(F)cccc2F)N(C(=O)OC(C)(C)C)C1. The minimum atomic E-state index is -0.961. The number of carbonyl (C=O) groups is 3. The summed E-state index contributed by atoms with van der Waals surface area (Å²) in [5.74, 6) is -4.64. The van der Waals surface area contributed by atoms with Gasteiger partial charge in [0.05, 0.1) is 30.4 Å². The number of likely N-dealkylation sites (tertiary alicyclic amines) is 1. The Balaban J connectivity index is 2.17. The number of ether oxygens (including phenoxy) is 3. The Kier molecular flexibility index (Phi) is 9.30. The number of methoxy groups -OCH3 is 2. The van der Waals surface area contributed by atoms with Crippen LogP contribution in [0.4, 0.5) is 13.6 Å². The smallest absolute Gasteiger partial charge is 0.410 e. The fraction of sp³-hybridized carbons (Fsp3) is 0.640. The number of carbonyl (C=O) groups excluding carboxylic acids is 3. The normalized spacial score (nSPS) is 21.1. The van der Waals surface area contributed by atoms with Gasteiger partial charge in [-0.15, -0.1) is 0 Å². The highest BCUT2D eigenvalue weighted by Crippen LogP contribution is 2.31. The Hall–Kier alpha value is -2.39. The Morgan fingerprint density at radius 3 is 2.21 bits per heavy atom. The van der Waals surface area contributed by atoms with Crippen molar-refractivity contribution in [3.05, 3.63) is 35.4 Å². The van der Waals surface area contributed by atoms with E-state index in [1.807, 2.05) is 0 Å². The van der Waals surface area contributed by atoms with E-state index in [0.29, 0.717) is 6.42 Å². The minimum Gasteiger partial charge on any atom is -0.444 e. The average Bonchev–Trinajstić information content (AvgIpc) is 3.17. The van der Waals surface area contributed by atoms with E-state index >= 15 is 0 Å². The molecule has 0 N–H and O–H groups in total. The first-order chi connectivity index (χ1) is 15.8. The summed E-state index contributed by atoms with van der Waals surface area (Å²) in [5.41, 5.74) is -1.34. The van der Waals surface area contributed by atoms with Crippen LogP contribution in [0.2, 0.25) is 0 Å². The van der Waals surface area contributed by atoms with Crippen molar-refractivity contribution in [3.8, 4) is 0 Å². The molecule has 0 unspecified atom stereocenters. The maximum absolute atomic E-state index is 14.0. The van der Waals surface area contributed by atoms with Crippen LogP contribution in [-0.2, 0) is 19.0 Å². The molecule has 1 heterocycles. The molecular weight excluding hydrogens is 448 g/mol. The lowest BCUT2D eigenvalue weighted by Crippen LogP contribution is -2.49. The van der Waals surface area contributed by atoms with Crippen molar-refractivity contribution < 1.29 is 37.4 Å². The Morgan fingerprint density at radius 1 is 1.12 bits per heavy atom. The summed E-state index contributed by atoms with van der Waals surface area (Å²) in [7, 11) is 3.00. The first-order valence-electron chi connectivity index (χ1n) is 11.4. The van der Waals surface area contributed by atoms with Gasteiger partial charge in [0, 0.05) is 32.5 Å². The molecule has 34 heavy (non-hydrogen) atoms. The number of nitrogens with zero attached hydrogens (tertiary/aromatic N) is 1. The molecule has 0 aromatic heterocycles. The van der Waals surface area contributed by atoms with E-state index in [2.05, 4.69) is 0 Å². The van der Waals surface area contributed by atoms with Crippen molar-refractivity contribution in [3.63, 3.8) is 0 Å². The third-order valence-electron chi connectivity index (χ3n) is 6.08. The summed E-state index contributed by atoms with van der Waals surface area (Å²) < 4.78 is 44.7. The summed E-state index contributed by atoms with van der Waals surface area (Å²) in [6.07, 6.45) is -1.24. The number of ketones is 2. The lowest BCUT2D eigenvalue weighted by atomic mass is 9.85. The lowest BCUT2D eigenvalue weighted by molar-refractivity contribution is -0.129. The third kappa shape index (κ3) is 6.60. The molecule has 1 fully saturated rings. The molecule has 1 aliphatic heterocycles. The number of rotatable bonds is 9. The molecular formula is C25H35F2NO6. The van der Waals surface area contributed by atoms with E-state index in [0.717, 1.165) is 12.1 Å². The fourth-order valence-electron chi connectivity index (χ4n) is 4.28. The molecule has 1 aromatic carbocycles. The molecule has 1 aliphatic rings. The van der Waals surface area contributed by atoms with Crippen molar-refractivity contribution in [2.75, 3.05) is 20.8 Å². The minimum absolute atomic E-state index is 0.222. The predicted molar refractivity (Wildman–Crippen MR) is 122 cm³/mol. The molecule has 0 bridgehead atoms. The zero-order chi connectivity index (χ0) is 25.8. The lowest BCUT2D eigenvalue weighted by Gasteiger charge is -2.34. The number of hydrogen-bond acceptors (Lipinski definition) is 6. The van der Waals surface area contributed by atoms with Crippen LogP contribution in [0.15, 0.2) is 18.2 Å². The van der Waals surface area contributed by atoms with Crippen molar-refractivity contribution in [2.45, 2.75) is 71.3 Å². The average molecular weight is 484 g/mol. The molecule has 0 radical (unpaired) electrons. The number of amides is 1. The Bertz CT molecular complexity index is 880. The van der Waals surface area contributed by atoms with Crippen LogP contribution in [-0.4, -0.2) is 67.2 Å². The molecule has 0 aliphatic carbocycles. The number of Topliss-reactive ketones (excluding diaryl/α,β-unsaturated/α-hetero) is 2. The maximum atomic E-state index is 14.0. The van der Waals surface area contributed by atoms with Gasteiger partial charge in [-0.25, -0.2) is 13.6 Å². The second-order valence-corrected chi connectivity index (χ2v) is 9.81. The first kappa shape index (κ1) is 27.9. The van der Waals surface area contributed by atoms with Crippen LogP contribution in [0, 0.1) is 23.5 Å². The highest BCUT2D eigenvalue weighted by atomic mass is 19.1. The zero-order valence-electron chi connectivity index (χ0n) is 20.9. The third-order valence-corrected chi connectivity index (χ3v) is 6.08. The van der Waals surface area contributed by atoms with Crippen LogP contribution in [0.25, 0.3) is 0 Å². The van der Waals surface area contributed by atoms with Crippen LogP contribution >= 0.6 is 0 Å². The van der Waals surface area contributed by atoms with E-state index in [1.165, 1.54) is 25.0 Å². The molecule has 1 amide bonds. The van der Waals surface area contributed by atoms with Gasteiger partial charge >= 0.3 is 6.09 Å². The van der Waals surface area contributed by atoms with E-state index in [4.69, 9.17) is 14.2 Å². The van der Waals surface area contributed by atoms with Gasteiger partial charge < -0.3 is 14.2 Å². The molecule has 9 heteroatoms. The summed E-state index contributed by atoms with van der Waals surface area (Å²) in [6.45, 7) is 8.70. The Morgan fingerprint density at radius 2 is 1.71 bits per heavy atom. The van der Waals surface area contributed by atoms with Gasteiger partial charge in [-0.1, -0.05) is 19.9 Å². The topological polar surface area (TPSA) is 82.1 Å². The largest absolute Gasteiger partial charge is 0.444 e. The van der Waals surface area contributed by atoms with Gasteiger partial charge in [0.25, 0.3) is 0 Å². The standard InChI is InChI=1S/C25H35F2NO6/c1-14(22(30)21-17(26)9-8-10-18(21)27)11-20(29)15(2)23(33-7)19-12-16(32-6)13-28(19)24(31)34-25(3,4)5/h8-10,14-16,19,23H,11-13H2,1-7H3/t14-,15+,16-,19+,23-/m1/s1. The fourth-order valence-corrected chi connectivity index (χ4v) is 4.28. The van der Waals surface area contributed by atoms with Gasteiger partial charge in [-0.05, 0) is 39.3 Å².